The number of hydrogen-bond acceptors (Lipinski definition) is 4. The Labute approximate surface area is 95.6 Å². The first kappa shape index (κ1) is 14.9. The van der Waals surface area contributed by atoms with Crippen molar-refractivity contribution in [1.82, 2.24) is 10.2 Å². The first-order chi connectivity index (χ1) is 7.49. The molecule has 1 unspecified atom stereocenters. The second-order valence-electron chi connectivity index (χ2n) is 3.48. The Balaban J connectivity index is 3.74. The van der Waals surface area contributed by atoms with E-state index in [0.717, 1.165) is 0 Å². The average Bonchev–Trinajstić information content (AvgIpc) is 2.23. The molecule has 16 heavy (non-hydrogen) atoms. The molecule has 0 aromatic carbocycles. The first-order valence-corrected chi connectivity index (χ1v) is 5.26. The van der Waals surface area contributed by atoms with Gasteiger partial charge in [0.1, 0.15) is 6.04 Å². The molecule has 0 spiro atoms. The molecule has 1 amide bonds. The lowest BCUT2D eigenvalue weighted by molar-refractivity contribution is -0.142. The van der Waals surface area contributed by atoms with Gasteiger partial charge in [0.25, 0.3) is 0 Å². The standard InChI is InChI=1S/C10H20N2O4/c1-4-16-6-5-11-9(13)7-12(3)8(2)10(14)15/h8H,4-7H2,1-3H3,(H,11,13)(H,14,15). The highest BCUT2D eigenvalue weighted by atomic mass is 16.5. The number of aliphatic carboxylic acids is 1. The summed E-state index contributed by atoms with van der Waals surface area (Å²) in [5.74, 6) is -1.14. The van der Waals surface area contributed by atoms with E-state index in [2.05, 4.69) is 5.32 Å². The summed E-state index contributed by atoms with van der Waals surface area (Å²) < 4.78 is 5.05. The third-order valence-corrected chi connectivity index (χ3v) is 2.18. The van der Waals surface area contributed by atoms with Crippen molar-refractivity contribution in [3.63, 3.8) is 0 Å². The minimum atomic E-state index is -0.940. The molecule has 0 heterocycles. The average molecular weight is 232 g/mol. The number of nitrogens with one attached hydrogen (secondary N) is 1. The fraction of sp³-hybridized carbons (Fsp3) is 0.800. The molecular formula is C10H20N2O4. The number of carboxylic acid groups (broad SMARTS) is 1. The van der Waals surface area contributed by atoms with Crippen LogP contribution < -0.4 is 5.32 Å². The summed E-state index contributed by atoms with van der Waals surface area (Å²) >= 11 is 0. The quantitative estimate of drug-likeness (QED) is 0.554. The lowest BCUT2D eigenvalue weighted by Gasteiger charge is -2.20. The summed E-state index contributed by atoms with van der Waals surface area (Å²) in [5, 5.41) is 11.4. The summed E-state index contributed by atoms with van der Waals surface area (Å²) in [6.45, 7) is 5.02. The van der Waals surface area contributed by atoms with Gasteiger partial charge in [0.05, 0.1) is 13.2 Å². The summed E-state index contributed by atoms with van der Waals surface area (Å²) in [7, 11) is 1.60. The van der Waals surface area contributed by atoms with Gasteiger partial charge >= 0.3 is 5.97 Å². The van der Waals surface area contributed by atoms with Crippen molar-refractivity contribution in [3.05, 3.63) is 0 Å². The lowest BCUT2D eigenvalue weighted by Crippen LogP contribution is -2.43. The maximum atomic E-state index is 11.3. The molecule has 94 valence electrons. The minimum Gasteiger partial charge on any atom is -0.480 e. The highest BCUT2D eigenvalue weighted by Crippen LogP contribution is 1.94. The van der Waals surface area contributed by atoms with Gasteiger partial charge in [-0.15, -0.1) is 0 Å². The Bertz CT molecular complexity index is 233. The predicted molar refractivity (Wildman–Crippen MR) is 59.2 cm³/mol. The van der Waals surface area contributed by atoms with Crippen LogP contribution in [0.1, 0.15) is 13.8 Å². The summed E-state index contributed by atoms with van der Waals surface area (Å²) in [5.41, 5.74) is 0. The molecule has 1 atom stereocenters. The number of hydrogen-bond donors (Lipinski definition) is 2. The molecule has 0 fully saturated rings. The van der Waals surface area contributed by atoms with Gasteiger partial charge in [-0.25, -0.2) is 0 Å². The third kappa shape index (κ3) is 6.36. The SMILES string of the molecule is CCOCCNC(=O)CN(C)C(C)C(=O)O. The number of rotatable bonds is 8. The smallest absolute Gasteiger partial charge is 0.320 e. The molecule has 0 rings (SSSR count). The number of likely N-dealkylation sites (N-methyl/N-ethyl adjacent to an activating group) is 1. The monoisotopic (exact) mass is 232 g/mol. The number of carbonyl (C=O) groups excluding carboxylic acids is 1. The molecule has 0 aromatic rings. The molecule has 2 N–H and O–H groups in total. The van der Waals surface area contributed by atoms with Crippen LogP contribution in [-0.2, 0) is 14.3 Å². The second-order valence-corrected chi connectivity index (χ2v) is 3.48. The second kappa shape index (κ2) is 8.06. The van der Waals surface area contributed by atoms with Crippen molar-refractivity contribution in [1.29, 1.82) is 0 Å². The van der Waals surface area contributed by atoms with Gasteiger partial charge in [0.15, 0.2) is 0 Å². The van der Waals surface area contributed by atoms with Gasteiger partial charge in [0, 0.05) is 13.2 Å². The Kier molecular flexibility index (Phi) is 7.49. The van der Waals surface area contributed by atoms with Gasteiger partial charge in [-0.2, -0.15) is 0 Å². The number of ether oxygens (including phenoxy) is 1. The molecule has 0 aliphatic rings. The zero-order chi connectivity index (χ0) is 12.6. The highest BCUT2D eigenvalue weighted by molar-refractivity contribution is 5.79. The Hall–Kier alpha value is -1.14. The molecule has 0 aromatic heterocycles. The summed E-state index contributed by atoms with van der Waals surface area (Å²) in [6, 6.07) is -0.669. The number of carboxylic acids is 1. The van der Waals surface area contributed by atoms with Crippen molar-refractivity contribution in [2.45, 2.75) is 19.9 Å². The first-order valence-electron chi connectivity index (χ1n) is 5.26. The van der Waals surface area contributed by atoms with Crippen LogP contribution in [-0.4, -0.2) is 61.3 Å². The van der Waals surface area contributed by atoms with Crippen LogP contribution in [0.4, 0.5) is 0 Å². The van der Waals surface area contributed by atoms with E-state index in [-0.39, 0.29) is 12.5 Å². The van der Waals surface area contributed by atoms with Crippen LogP contribution >= 0.6 is 0 Å². The highest BCUT2D eigenvalue weighted by Gasteiger charge is 2.18. The van der Waals surface area contributed by atoms with Gasteiger partial charge in [0.2, 0.25) is 5.91 Å². The van der Waals surface area contributed by atoms with E-state index in [1.165, 1.54) is 11.8 Å². The number of nitrogens with zero attached hydrogens (tertiary/aromatic N) is 1. The van der Waals surface area contributed by atoms with Crippen molar-refractivity contribution in [2.75, 3.05) is 33.4 Å². The molecular weight excluding hydrogens is 212 g/mol. The summed E-state index contributed by atoms with van der Waals surface area (Å²) in [4.78, 5) is 23.4. The molecule has 0 aliphatic carbocycles. The van der Waals surface area contributed by atoms with E-state index in [1.807, 2.05) is 6.92 Å². The fourth-order valence-electron chi connectivity index (χ4n) is 1.01. The maximum absolute atomic E-state index is 11.3. The zero-order valence-corrected chi connectivity index (χ0v) is 10.0. The van der Waals surface area contributed by atoms with Gasteiger partial charge in [-0.05, 0) is 20.9 Å². The normalized spacial score (nSPS) is 12.5. The topological polar surface area (TPSA) is 78.9 Å². The van der Waals surface area contributed by atoms with E-state index >= 15 is 0 Å². The molecule has 0 radical (unpaired) electrons. The Morgan fingerprint density at radius 2 is 2.12 bits per heavy atom. The molecule has 6 heteroatoms. The number of amides is 1. The molecule has 6 nitrogen and oxygen atoms in total. The van der Waals surface area contributed by atoms with Crippen LogP contribution in [0, 0.1) is 0 Å². The van der Waals surface area contributed by atoms with E-state index in [1.54, 1.807) is 7.05 Å². The summed E-state index contributed by atoms with van der Waals surface area (Å²) in [6.07, 6.45) is 0. The van der Waals surface area contributed by atoms with Crippen molar-refractivity contribution in [2.24, 2.45) is 0 Å². The molecule has 0 saturated heterocycles. The van der Waals surface area contributed by atoms with Gasteiger partial charge < -0.3 is 15.2 Å². The van der Waals surface area contributed by atoms with E-state index in [9.17, 15) is 9.59 Å². The van der Waals surface area contributed by atoms with Crippen LogP contribution in [0.2, 0.25) is 0 Å². The maximum Gasteiger partial charge on any atom is 0.320 e. The predicted octanol–water partition coefficient (Wildman–Crippen LogP) is -0.456. The van der Waals surface area contributed by atoms with Gasteiger partial charge in [-0.1, -0.05) is 0 Å². The van der Waals surface area contributed by atoms with Crippen LogP contribution in [0.15, 0.2) is 0 Å². The van der Waals surface area contributed by atoms with Crippen LogP contribution in [0.5, 0.6) is 0 Å². The molecule has 0 saturated carbocycles. The Morgan fingerprint density at radius 1 is 1.50 bits per heavy atom. The largest absolute Gasteiger partial charge is 0.480 e. The molecule has 0 aliphatic heterocycles. The van der Waals surface area contributed by atoms with E-state index in [0.29, 0.717) is 19.8 Å². The van der Waals surface area contributed by atoms with E-state index < -0.39 is 12.0 Å². The Morgan fingerprint density at radius 3 is 2.62 bits per heavy atom. The van der Waals surface area contributed by atoms with Crippen LogP contribution in [0.25, 0.3) is 0 Å². The lowest BCUT2D eigenvalue weighted by atomic mass is 10.3. The van der Waals surface area contributed by atoms with Gasteiger partial charge in [-0.3, -0.25) is 14.5 Å². The fourth-order valence-corrected chi connectivity index (χ4v) is 1.01. The molecule has 0 bridgehead atoms. The zero-order valence-electron chi connectivity index (χ0n) is 10.0. The van der Waals surface area contributed by atoms with Crippen molar-refractivity contribution in [3.8, 4) is 0 Å². The van der Waals surface area contributed by atoms with Crippen LogP contribution in [0.3, 0.4) is 0 Å². The van der Waals surface area contributed by atoms with Crippen molar-refractivity contribution >= 4 is 11.9 Å². The minimum absolute atomic E-state index is 0.0690. The van der Waals surface area contributed by atoms with E-state index in [4.69, 9.17) is 9.84 Å². The third-order valence-electron chi connectivity index (χ3n) is 2.18. The number of carbonyl (C=O) groups is 2. The van der Waals surface area contributed by atoms with Crippen molar-refractivity contribution < 1.29 is 19.4 Å².